The summed E-state index contributed by atoms with van der Waals surface area (Å²) in [6, 6.07) is 0. The molecule has 0 saturated heterocycles. The molecule has 0 fully saturated rings. The molecule has 0 aromatic carbocycles. The summed E-state index contributed by atoms with van der Waals surface area (Å²) < 4.78 is 0. The molecule has 0 aromatic heterocycles. The average Bonchev–Trinajstić information content (AvgIpc) is 2.63. The second-order valence-corrected chi connectivity index (χ2v) is 6.40. The fraction of sp³-hybridized carbons (Fsp3) is 0.500. The molecule has 4 N–H and O–H groups in total. The number of allylic oxidation sites excluding steroid dienone is 7. The molecule has 0 saturated carbocycles. The van der Waals surface area contributed by atoms with Gasteiger partial charge in [-0.25, -0.2) is 4.79 Å². The van der Waals surface area contributed by atoms with Gasteiger partial charge in [0.15, 0.2) is 0 Å². The molecule has 0 aromatic rings. The highest BCUT2D eigenvalue weighted by Gasteiger charge is 2.02. The lowest BCUT2D eigenvalue weighted by Gasteiger charge is -2.09. The van der Waals surface area contributed by atoms with Crippen molar-refractivity contribution in [2.24, 2.45) is 0 Å². The Morgan fingerprint density at radius 1 is 0.815 bits per heavy atom. The van der Waals surface area contributed by atoms with Crippen molar-refractivity contribution in [1.29, 1.82) is 0 Å². The van der Waals surface area contributed by atoms with E-state index in [1.165, 1.54) is 30.4 Å². The number of unbranched alkanes of at least 4 members (excludes halogenated alkanes) is 3. The van der Waals surface area contributed by atoms with Crippen LogP contribution in [0.15, 0.2) is 60.4 Å². The zero-order valence-electron chi connectivity index (χ0n) is 16.2. The minimum absolute atomic E-state index is 0.0494. The lowest BCUT2D eigenvalue weighted by molar-refractivity contribution is -0.131. The van der Waals surface area contributed by atoms with E-state index in [0.29, 0.717) is 6.42 Å². The molecule has 27 heavy (non-hydrogen) atoms. The molecule has 0 spiro atoms. The van der Waals surface area contributed by atoms with Gasteiger partial charge in [-0.05, 0) is 37.8 Å². The van der Waals surface area contributed by atoms with Crippen LogP contribution in [0, 0.1) is 0 Å². The number of rotatable bonds is 15. The van der Waals surface area contributed by atoms with Crippen molar-refractivity contribution in [3.05, 3.63) is 60.4 Å². The van der Waals surface area contributed by atoms with Crippen molar-refractivity contribution in [2.45, 2.75) is 70.5 Å². The number of carboxylic acids is 1. The minimum atomic E-state index is -1.02. The Kier molecular flexibility index (Phi) is 16.0. The Hall–Kier alpha value is -2.11. The van der Waals surface area contributed by atoms with E-state index in [9.17, 15) is 20.1 Å². The van der Waals surface area contributed by atoms with Crippen LogP contribution in [-0.2, 0) is 4.79 Å². The van der Waals surface area contributed by atoms with E-state index in [-0.39, 0.29) is 18.0 Å². The van der Waals surface area contributed by atoms with Crippen LogP contribution in [0.1, 0.15) is 58.3 Å². The summed E-state index contributed by atoms with van der Waals surface area (Å²) in [6.07, 6.45) is 20.4. The molecule has 0 aliphatic heterocycles. The highest BCUT2D eigenvalue weighted by Crippen LogP contribution is 2.11. The van der Waals surface area contributed by atoms with Crippen LogP contribution in [0.25, 0.3) is 0 Å². The van der Waals surface area contributed by atoms with Gasteiger partial charge in [0, 0.05) is 6.08 Å². The normalized spacial score (nSPS) is 15.4. The molecule has 0 amide bonds. The van der Waals surface area contributed by atoms with E-state index in [2.05, 4.69) is 0 Å². The van der Waals surface area contributed by atoms with E-state index in [1.807, 2.05) is 13.0 Å². The maximum absolute atomic E-state index is 10.2. The molecular weight excluding hydrogens is 344 g/mol. The second kappa shape index (κ2) is 17.3. The lowest BCUT2D eigenvalue weighted by Crippen LogP contribution is -2.05. The first-order valence-electron chi connectivity index (χ1n) is 9.62. The number of hydrogen-bond acceptors (Lipinski definition) is 4. The first-order chi connectivity index (χ1) is 13.0. The third-order valence-electron chi connectivity index (χ3n) is 3.95. The Labute approximate surface area is 162 Å². The molecule has 0 bridgehead atoms. The molecule has 0 rings (SSSR count). The van der Waals surface area contributed by atoms with Crippen LogP contribution < -0.4 is 0 Å². The number of aliphatic hydroxyl groups is 3. The van der Waals surface area contributed by atoms with Gasteiger partial charge in [-0.3, -0.25) is 0 Å². The van der Waals surface area contributed by atoms with Gasteiger partial charge in [0.05, 0.1) is 12.2 Å². The van der Waals surface area contributed by atoms with Crippen molar-refractivity contribution in [3.63, 3.8) is 0 Å². The molecule has 2 atom stereocenters. The summed E-state index contributed by atoms with van der Waals surface area (Å²) in [4.78, 5) is 10.2. The molecular formula is C22H34O5. The van der Waals surface area contributed by atoms with Crippen molar-refractivity contribution in [3.8, 4) is 0 Å². The third kappa shape index (κ3) is 18.5. The lowest BCUT2D eigenvalue weighted by atomic mass is 10.0. The van der Waals surface area contributed by atoms with Crippen LogP contribution in [0.3, 0.4) is 0 Å². The number of hydrogen-bond donors (Lipinski definition) is 4. The van der Waals surface area contributed by atoms with Crippen LogP contribution in [0.2, 0.25) is 0 Å². The Balaban J connectivity index is 3.84. The van der Waals surface area contributed by atoms with Gasteiger partial charge in [0.1, 0.15) is 5.76 Å². The number of aliphatic carboxylic acids is 1. The summed E-state index contributed by atoms with van der Waals surface area (Å²) in [5.74, 6) is -0.972. The van der Waals surface area contributed by atoms with Crippen molar-refractivity contribution < 1.29 is 25.2 Å². The molecule has 5 nitrogen and oxygen atoms in total. The van der Waals surface area contributed by atoms with Crippen LogP contribution in [0.4, 0.5) is 0 Å². The van der Waals surface area contributed by atoms with Gasteiger partial charge in [-0.1, -0.05) is 69.1 Å². The summed E-state index contributed by atoms with van der Waals surface area (Å²) >= 11 is 0. The Bertz CT molecular complexity index is 529. The Morgan fingerprint density at radius 2 is 1.44 bits per heavy atom. The monoisotopic (exact) mass is 378 g/mol. The van der Waals surface area contributed by atoms with Gasteiger partial charge in [0.25, 0.3) is 0 Å². The summed E-state index contributed by atoms with van der Waals surface area (Å²) in [6.45, 7) is 1.99. The van der Waals surface area contributed by atoms with Gasteiger partial charge in [-0.2, -0.15) is 0 Å². The number of carboxylic acid groups (broad SMARTS) is 1. The van der Waals surface area contributed by atoms with Crippen molar-refractivity contribution >= 4 is 5.97 Å². The van der Waals surface area contributed by atoms with Crippen molar-refractivity contribution in [2.75, 3.05) is 0 Å². The highest BCUT2D eigenvalue weighted by molar-refractivity contribution is 5.80. The first kappa shape index (κ1) is 24.9. The molecule has 0 heterocycles. The molecule has 152 valence electrons. The van der Waals surface area contributed by atoms with E-state index >= 15 is 0 Å². The first-order valence-corrected chi connectivity index (χ1v) is 9.62. The summed E-state index contributed by atoms with van der Waals surface area (Å²) in [5.41, 5.74) is 0. The Morgan fingerprint density at radius 3 is 2.07 bits per heavy atom. The van der Waals surface area contributed by atoms with E-state index in [0.717, 1.165) is 51.0 Å². The standard InChI is InChI=1S/C22H34O5/c1-2-19(23)13-7-3-4-8-14-20(24)15-9-5-10-16-21(25)17-11-6-12-18-22(26)27/h5-6,9-12,16-20,23-25H,2-4,7-8,13-15H2,1H3,(H,26,27)/b9-5+,11-6+,16-10+,18-12+,21-17-. The van der Waals surface area contributed by atoms with Crippen molar-refractivity contribution in [1.82, 2.24) is 0 Å². The molecule has 2 unspecified atom stereocenters. The molecule has 0 aliphatic carbocycles. The van der Waals surface area contributed by atoms with Gasteiger partial charge in [0.2, 0.25) is 0 Å². The summed E-state index contributed by atoms with van der Waals surface area (Å²) in [7, 11) is 0. The topological polar surface area (TPSA) is 98.0 Å². The average molecular weight is 379 g/mol. The molecule has 0 radical (unpaired) electrons. The van der Waals surface area contributed by atoms with Crippen LogP contribution in [0.5, 0.6) is 0 Å². The second-order valence-electron chi connectivity index (χ2n) is 6.40. The van der Waals surface area contributed by atoms with Crippen LogP contribution >= 0.6 is 0 Å². The molecule has 5 heteroatoms. The zero-order chi connectivity index (χ0) is 20.3. The SMILES string of the molecule is CCC(O)CCCCCCC(O)C/C=C/C=C/C(O)=C/C=C/C=C/C(=O)O. The summed E-state index contributed by atoms with van der Waals surface area (Å²) in [5, 5.41) is 37.4. The quantitative estimate of drug-likeness (QED) is 0.144. The fourth-order valence-corrected chi connectivity index (χ4v) is 2.32. The smallest absolute Gasteiger partial charge is 0.328 e. The maximum Gasteiger partial charge on any atom is 0.328 e. The van der Waals surface area contributed by atoms with Gasteiger partial charge >= 0.3 is 5.97 Å². The fourth-order valence-electron chi connectivity index (χ4n) is 2.32. The van der Waals surface area contributed by atoms with Gasteiger partial charge < -0.3 is 20.4 Å². The minimum Gasteiger partial charge on any atom is -0.508 e. The van der Waals surface area contributed by atoms with E-state index in [4.69, 9.17) is 5.11 Å². The highest BCUT2D eigenvalue weighted by atomic mass is 16.4. The van der Waals surface area contributed by atoms with E-state index < -0.39 is 5.97 Å². The predicted molar refractivity (Wildman–Crippen MR) is 110 cm³/mol. The number of aliphatic hydroxyl groups excluding tert-OH is 3. The van der Waals surface area contributed by atoms with Crippen LogP contribution in [-0.4, -0.2) is 38.6 Å². The predicted octanol–water partition coefficient (Wildman–Crippen LogP) is 4.60. The van der Waals surface area contributed by atoms with E-state index in [1.54, 1.807) is 12.2 Å². The largest absolute Gasteiger partial charge is 0.508 e. The number of carbonyl (C=O) groups is 1. The zero-order valence-corrected chi connectivity index (χ0v) is 16.2. The maximum atomic E-state index is 10.2. The van der Waals surface area contributed by atoms with Gasteiger partial charge in [-0.15, -0.1) is 0 Å². The third-order valence-corrected chi connectivity index (χ3v) is 3.95. The molecule has 0 aliphatic rings.